The number of aromatic nitrogens is 2. The van der Waals surface area contributed by atoms with Crippen LogP contribution < -0.4 is 0 Å². The Bertz CT molecular complexity index is 1850. The van der Waals surface area contributed by atoms with Gasteiger partial charge in [-0.25, -0.2) is 0 Å². The van der Waals surface area contributed by atoms with E-state index in [1.165, 1.54) is 19.1 Å². The van der Waals surface area contributed by atoms with Crippen molar-refractivity contribution in [2.24, 2.45) is 0 Å². The lowest BCUT2D eigenvalue weighted by Gasteiger charge is -2.47. The minimum absolute atomic E-state index is 0.322. The van der Waals surface area contributed by atoms with Gasteiger partial charge in [0.1, 0.15) is 24.4 Å². The first-order valence-electron chi connectivity index (χ1n) is 12.3. The van der Waals surface area contributed by atoms with Gasteiger partial charge in [-0.05, 0) is 12.1 Å². The van der Waals surface area contributed by atoms with E-state index in [2.05, 4.69) is 4.57 Å². The second-order valence-electron chi connectivity index (χ2n) is 10.1. The first-order valence-corrected chi connectivity index (χ1v) is 12.3. The lowest BCUT2D eigenvalue weighted by Crippen LogP contribution is -2.55. The molecule has 2 aromatic heterocycles. The van der Waals surface area contributed by atoms with Crippen LogP contribution in [-0.2, 0) is 9.47 Å². The van der Waals surface area contributed by atoms with Crippen LogP contribution in [0.15, 0.2) is 48.5 Å². The van der Waals surface area contributed by atoms with Crippen molar-refractivity contribution < 1.29 is 29.3 Å². The minimum Gasteiger partial charge on any atom is -0.394 e. The fourth-order valence-electron chi connectivity index (χ4n) is 7.03. The molecule has 9 heteroatoms. The third-order valence-electron chi connectivity index (χ3n) is 8.50. The summed E-state index contributed by atoms with van der Waals surface area (Å²) in [4.78, 5) is 28.3. The van der Waals surface area contributed by atoms with Gasteiger partial charge < -0.3 is 28.8 Å². The number of carbonyl (C=O) groups is 2. The van der Waals surface area contributed by atoms with E-state index in [0.29, 0.717) is 21.9 Å². The van der Waals surface area contributed by atoms with Gasteiger partial charge >= 0.3 is 0 Å². The first-order chi connectivity index (χ1) is 18.0. The Kier molecular flexibility index (Phi) is 4.01. The zero-order chi connectivity index (χ0) is 25.3. The van der Waals surface area contributed by atoms with Gasteiger partial charge in [0, 0.05) is 41.2 Å². The van der Waals surface area contributed by atoms with Crippen molar-refractivity contribution in [1.82, 2.24) is 14.0 Å². The SMILES string of the molecule is CO[C@H]1[C@H](O)[C@H]2[C@@H](O[C@@H]1CO)n1c3ccccc3c3c4c(c5c6ccccc6n2c5c31)C(=O)N(C)C4=O. The van der Waals surface area contributed by atoms with Crippen LogP contribution in [-0.4, -0.2) is 75.1 Å². The molecular formula is C28H23N3O6. The Morgan fingerprint density at radius 3 is 2.00 bits per heavy atom. The number of amides is 2. The molecule has 3 aliphatic rings. The molecule has 0 saturated carbocycles. The van der Waals surface area contributed by atoms with E-state index in [1.807, 2.05) is 53.1 Å². The second-order valence-corrected chi connectivity index (χ2v) is 10.1. The largest absolute Gasteiger partial charge is 0.394 e. The summed E-state index contributed by atoms with van der Waals surface area (Å²) in [6, 6.07) is 14.9. The van der Waals surface area contributed by atoms with E-state index in [4.69, 9.17) is 9.47 Å². The Hall–Kier alpha value is -3.76. The summed E-state index contributed by atoms with van der Waals surface area (Å²) in [5.41, 5.74) is 4.01. The molecule has 8 rings (SSSR count). The highest BCUT2D eigenvalue weighted by Gasteiger charge is 2.52. The molecule has 5 heterocycles. The highest BCUT2D eigenvalue weighted by atomic mass is 16.6. The highest BCUT2D eigenvalue weighted by Crippen LogP contribution is 2.54. The Morgan fingerprint density at radius 2 is 1.43 bits per heavy atom. The number of aliphatic hydroxyl groups excluding tert-OH is 2. The molecule has 5 aromatic rings. The molecule has 186 valence electrons. The normalized spacial score (nSPS) is 26.8. The van der Waals surface area contributed by atoms with Crippen molar-refractivity contribution in [1.29, 1.82) is 0 Å². The topological polar surface area (TPSA) is 106 Å². The number of ether oxygens (including phenoxy) is 2. The van der Waals surface area contributed by atoms with Crippen molar-refractivity contribution in [2.45, 2.75) is 30.6 Å². The number of hydrogen-bond acceptors (Lipinski definition) is 6. The van der Waals surface area contributed by atoms with Crippen LogP contribution in [0.5, 0.6) is 0 Å². The van der Waals surface area contributed by atoms with Crippen molar-refractivity contribution >= 4 is 55.4 Å². The van der Waals surface area contributed by atoms with Crippen LogP contribution >= 0.6 is 0 Å². The lowest BCUT2D eigenvalue weighted by molar-refractivity contribution is -0.231. The van der Waals surface area contributed by atoms with Crippen molar-refractivity contribution in [3.05, 3.63) is 59.7 Å². The molecule has 0 aliphatic carbocycles. The van der Waals surface area contributed by atoms with E-state index in [9.17, 15) is 19.8 Å². The number of carbonyl (C=O) groups excluding carboxylic acids is 2. The molecule has 1 fully saturated rings. The lowest BCUT2D eigenvalue weighted by atomic mass is 9.93. The highest BCUT2D eigenvalue weighted by molar-refractivity contribution is 6.39. The maximum atomic E-state index is 13.6. The molecule has 9 nitrogen and oxygen atoms in total. The zero-order valence-corrected chi connectivity index (χ0v) is 20.1. The molecule has 5 atom stereocenters. The summed E-state index contributed by atoms with van der Waals surface area (Å²) in [6.45, 7) is -0.322. The predicted molar refractivity (Wildman–Crippen MR) is 136 cm³/mol. The molecule has 1 saturated heterocycles. The molecule has 3 aliphatic heterocycles. The smallest absolute Gasteiger partial charge is 0.262 e. The van der Waals surface area contributed by atoms with Gasteiger partial charge in [0.15, 0.2) is 6.23 Å². The molecule has 0 spiro atoms. The zero-order valence-electron chi connectivity index (χ0n) is 20.1. The number of nitrogens with zero attached hydrogens (tertiary/aromatic N) is 3. The maximum Gasteiger partial charge on any atom is 0.262 e. The van der Waals surface area contributed by atoms with E-state index < -0.39 is 30.6 Å². The Labute approximate surface area is 210 Å². The number of rotatable bonds is 2. The number of aliphatic hydroxyl groups is 2. The Morgan fingerprint density at radius 1 is 0.892 bits per heavy atom. The number of methoxy groups -OCH3 is 1. The molecule has 37 heavy (non-hydrogen) atoms. The predicted octanol–water partition coefficient (Wildman–Crippen LogP) is 2.95. The van der Waals surface area contributed by atoms with Crippen molar-refractivity contribution in [2.75, 3.05) is 20.8 Å². The van der Waals surface area contributed by atoms with E-state index >= 15 is 0 Å². The molecular weight excluding hydrogens is 474 g/mol. The third-order valence-corrected chi connectivity index (χ3v) is 8.50. The van der Waals surface area contributed by atoms with Crippen LogP contribution in [0.3, 0.4) is 0 Å². The molecule has 0 unspecified atom stereocenters. The summed E-state index contributed by atoms with van der Waals surface area (Å²) >= 11 is 0. The standard InChI is InChI=1S/C28H23N3O6/c1-29-26(34)19-17-12-7-3-5-9-14(12)30-21(17)22-18(20(19)27(29)35)13-8-4-6-10-15(13)31(22)28-23(30)24(33)25(36-2)16(11-32)37-28/h3-10,16,23-25,28,32-33H,11H2,1-2H3/t16-,23+,24-,25-,28-/m1/s1. The average molecular weight is 498 g/mol. The van der Waals surface area contributed by atoms with E-state index in [0.717, 1.165) is 32.8 Å². The number of fused-ring (bicyclic) bond motifs is 12. The first kappa shape index (κ1) is 21.3. The molecule has 0 bridgehead atoms. The molecule has 2 amide bonds. The number of hydrogen-bond donors (Lipinski definition) is 2. The van der Waals surface area contributed by atoms with Gasteiger partial charge in [0.25, 0.3) is 11.8 Å². The monoisotopic (exact) mass is 497 g/mol. The van der Waals surface area contributed by atoms with Gasteiger partial charge in [-0.15, -0.1) is 0 Å². The van der Waals surface area contributed by atoms with Crippen LogP contribution in [0.4, 0.5) is 0 Å². The van der Waals surface area contributed by atoms with Gasteiger partial charge in [-0.1, -0.05) is 36.4 Å². The minimum atomic E-state index is -1.02. The second kappa shape index (κ2) is 6.96. The summed E-state index contributed by atoms with van der Waals surface area (Å²) in [7, 11) is 3.01. The van der Waals surface area contributed by atoms with Crippen molar-refractivity contribution in [3.63, 3.8) is 0 Å². The number of para-hydroxylation sites is 2. The van der Waals surface area contributed by atoms with Crippen molar-refractivity contribution in [3.8, 4) is 0 Å². The number of benzene rings is 3. The quantitative estimate of drug-likeness (QED) is 0.364. The van der Waals surface area contributed by atoms with Gasteiger partial charge in [-0.2, -0.15) is 0 Å². The average Bonchev–Trinajstić information content (AvgIpc) is 3.51. The summed E-state index contributed by atoms with van der Waals surface area (Å²) in [6.07, 6.45) is -3.21. The van der Waals surface area contributed by atoms with Crippen LogP contribution in [0.1, 0.15) is 33.0 Å². The van der Waals surface area contributed by atoms with Gasteiger partial charge in [-0.3, -0.25) is 14.5 Å². The molecule has 2 N–H and O–H groups in total. The van der Waals surface area contributed by atoms with E-state index in [-0.39, 0.29) is 18.4 Å². The van der Waals surface area contributed by atoms with Gasteiger partial charge in [0.05, 0.1) is 34.3 Å². The molecule has 3 aromatic carbocycles. The number of imide groups is 1. The third kappa shape index (κ3) is 2.26. The summed E-state index contributed by atoms with van der Waals surface area (Å²) in [5.74, 6) is -0.666. The Balaban J connectivity index is 1.67. The maximum absolute atomic E-state index is 13.6. The van der Waals surface area contributed by atoms with E-state index in [1.54, 1.807) is 0 Å². The van der Waals surface area contributed by atoms with Crippen LogP contribution in [0.25, 0.3) is 43.6 Å². The molecule has 0 radical (unpaired) electrons. The summed E-state index contributed by atoms with van der Waals surface area (Å²) in [5, 5.41) is 24.9. The van der Waals surface area contributed by atoms with Gasteiger partial charge in [0.2, 0.25) is 0 Å². The summed E-state index contributed by atoms with van der Waals surface area (Å²) < 4.78 is 16.2. The fourth-order valence-corrected chi connectivity index (χ4v) is 7.03. The van der Waals surface area contributed by atoms with Crippen LogP contribution in [0, 0.1) is 0 Å². The fraction of sp³-hybridized carbons (Fsp3) is 0.286. The van der Waals surface area contributed by atoms with Crippen LogP contribution in [0.2, 0.25) is 0 Å².